The van der Waals surface area contributed by atoms with E-state index in [4.69, 9.17) is 18.9 Å². The lowest BCUT2D eigenvalue weighted by Crippen LogP contribution is -2.75. The van der Waals surface area contributed by atoms with Crippen LogP contribution in [-0.2, 0) is 25.5 Å². The lowest BCUT2D eigenvalue weighted by molar-refractivity contribution is -0.181. The Kier molecular flexibility index (Phi) is 8.40. The average Bonchev–Trinajstić information content (AvgIpc) is 3.67. The van der Waals surface area contributed by atoms with Crippen LogP contribution in [0.1, 0.15) is 110 Å². The second-order valence-electron chi connectivity index (χ2n) is 17.8. The van der Waals surface area contributed by atoms with Crippen molar-refractivity contribution in [2.24, 2.45) is 11.8 Å². The zero-order valence-corrected chi connectivity index (χ0v) is 33.9. The summed E-state index contributed by atoms with van der Waals surface area (Å²) in [7, 11) is 0. The largest absolute Gasteiger partial charge is 0.482 e. The standard InChI is InChI=1S/C44H51N5O8/c1-22(2)10-9-14-42(8)20-25-18-29(51)54-37-30(25)35(55-42)26(12-11-23(3)4)36-31(37)33-32-34(49-40(48-33)46-21-47-49)27-19-28-41(6,7)57-43(38(27)52,44(28,32)56-36)15-13-24(5)39(53)45-16-17-50/h10-11,13,20-21,27-28,34,50H,9,12,14-19H2,1-8H3,(H,45,53)(H,46,47,48)/b24-13-. The van der Waals surface area contributed by atoms with Crippen molar-refractivity contribution in [2.75, 3.05) is 18.5 Å². The highest BCUT2D eigenvalue weighted by atomic mass is 16.6. The van der Waals surface area contributed by atoms with Crippen LogP contribution in [0.25, 0.3) is 11.3 Å². The van der Waals surface area contributed by atoms with Crippen LogP contribution in [0.2, 0.25) is 0 Å². The third-order valence-electron chi connectivity index (χ3n) is 13.0. The van der Waals surface area contributed by atoms with E-state index in [0.717, 1.165) is 34.3 Å². The zero-order chi connectivity index (χ0) is 40.4. The van der Waals surface area contributed by atoms with E-state index in [1.807, 2.05) is 27.7 Å². The average molecular weight is 778 g/mol. The summed E-state index contributed by atoms with van der Waals surface area (Å²) < 4.78 is 30.1. The Morgan fingerprint density at radius 2 is 1.79 bits per heavy atom. The number of carbonyl (C=O) groups excluding carboxylic acids is 3. The Hall–Kier alpha value is -5.01. The molecule has 6 heterocycles. The molecule has 3 N–H and O–H groups in total. The number of hydrogen-bond acceptors (Lipinski definition) is 11. The minimum Gasteiger partial charge on any atom is -0.482 e. The minimum atomic E-state index is -1.54. The zero-order valence-electron chi connectivity index (χ0n) is 33.9. The Bertz CT molecular complexity index is 2320. The second kappa shape index (κ2) is 12.7. The molecule has 8 aliphatic rings. The molecular formula is C44H51N5O8. The van der Waals surface area contributed by atoms with Gasteiger partial charge in [-0.25, -0.2) is 4.68 Å². The first-order valence-corrected chi connectivity index (χ1v) is 20.1. The highest BCUT2D eigenvalue weighted by Gasteiger charge is 2.84. The highest BCUT2D eigenvalue weighted by Crippen LogP contribution is 2.74. The van der Waals surface area contributed by atoms with Crippen molar-refractivity contribution in [3.8, 4) is 17.2 Å². The number of benzene rings is 1. The summed E-state index contributed by atoms with van der Waals surface area (Å²) in [5.74, 6) is 0.212. The van der Waals surface area contributed by atoms with Gasteiger partial charge in [0.15, 0.2) is 22.7 Å². The summed E-state index contributed by atoms with van der Waals surface area (Å²) in [6.07, 6.45) is 12.2. The van der Waals surface area contributed by atoms with Crippen molar-refractivity contribution in [3.63, 3.8) is 0 Å². The molecule has 1 aromatic carbocycles. The van der Waals surface area contributed by atoms with E-state index >= 15 is 4.79 Å². The maximum atomic E-state index is 15.4. The van der Waals surface area contributed by atoms with Gasteiger partial charge in [-0.1, -0.05) is 29.4 Å². The maximum absolute atomic E-state index is 15.4. The molecular weight excluding hydrogens is 727 g/mol. The number of ketones is 1. The molecule has 10 rings (SSSR count). The fraction of sp³-hybridized carbons (Fsp3) is 0.523. The number of esters is 1. The van der Waals surface area contributed by atoms with Gasteiger partial charge in [0.25, 0.3) is 0 Å². The smallest absolute Gasteiger partial charge is 0.315 e. The second-order valence-corrected chi connectivity index (χ2v) is 17.8. The number of rotatable bonds is 10. The summed E-state index contributed by atoms with van der Waals surface area (Å²) >= 11 is 0. The SMILES string of the molecule is CC(C)=CCCC1(C)C=C2CC(=O)Oc3c2c(c(CC=C(C)C)c2c3C3=C4C(C5CC6C(C)(C)OC(C/C=C(/C)C(=O)NCCO)(C5=O)C46O2)n2ncnc2N3)O1. The molecule has 13 heteroatoms. The number of nitrogens with zero attached hydrogens (tertiary/aromatic N) is 3. The number of Topliss-reactive ketones (excluding diaryl/α,β-unsaturated/α-hetero) is 1. The molecule has 13 nitrogen and oxygen atoms in total. The van der Waals surface area contributed by atoms with Crippen molar-refractivity contribution in [2.45, 2.75) is 122 Å². The number of fused-ring (bicyclic) bond motifs is 4. The van der Waals surface area contributed by atoms with Crippen LogP contribution >= 0.6 is 0 Å². The van der Waals surface area contributed by atoms with Crippen molar-refractivity contribution < 1.29 is 38.4 Å². The van der Waals surface area contributed by atoms with E-state index in [1.165, 1.54) is 11.9 Å². The van der Waals surface area contributed by atoms with Crippen molar-refractivity contribution >= 4 is 34.9 Å². The Morgan fingerprint density at radius 1 is 1.04 bits per heavy atom. The summed E-state index contributed by atoms with van der Waals surface area (Å²) in [5, 5.41) is 20.3. The molecule has 4 fully saturated rings. The number of carbonyl (C=O) groups is 3. The van der Waals surface area contributed by atoms with Gasteiger partial charge in [0.2, 0.25) is 11.9 Å². The fourth-order valence-corrected chi connectivity index (χ4v) is 10.7. The minimum absolute atomic E-state index is 0.0611. The summed E-state index contributed by atoms with van der Waals surface area (Å²) in [4.78, 5) is 46.8. The molecule has 2 aromatic rings. The molecule has 300 valence electrons. The number of hydrogen-bond donors (Lipinski definition) is 3. The molecule has 1 aromatic heterocycles. The molecule has 0 radical (unpaired) electrons. The number of ether oxygens (including phenoxy) is 4. The number of nitrogens with one attached hydrogen (secondary N) is 2. The third kappa shape index (κ3) is 5.23. The van der Waals surface area contributed by atoms with Gasteiger partial charge in [-0.15, -0.1) is 0 Å². The summed E-state index contributed by atoms with van der Waals surface area (Å²) in [6.45, 7) is 15.9. The Labute approximate surface area is 332 Å². The van der Waals surface area contributed by atoms with E-state index in [9.17, 15) is 14.7 Å². The van der Waals surface area contributed by atoms with E-state index < -0.39 is 34.4 Å². The number of anilines is 1. The lowest BCUT2D eigenvalue weighted by Gasteiger charge is -2.62. The van der Waals surface area contributed by atoms with Crippen molar-refractivity contribution in [3.05, 3.63) is 69.6 Å². The predicted molar refractivity (Wildman–Crippen MR) is 211 cm³/mol. The molecule has 3 aliphatic carbocycles. The molecule has 6 atom stereocenters. The third-order valence-corrected chi connectivity index (χ3v) is 13.0. The van der Waals surface area contributed by atoms with Gasteiger partial charge in [-0.3, -0.25) is 14.4 Å². The van der Waals surface area contributed by atoms with Gasteiger partial charge < -0.3 is 34.7 Å². The molecule has 1 spiro atoms. The number of aliphatic hydroxyl groups excluding tert-OH is 1. The van der Waals surface area contributed by atoms with Crippen molar-refractivity contribution in [1.29, 1.82) is 0 Å². The van der Waals surface area contributed by atoms with Gasteiger partial charge in [-0.05, 0) is 92.7 Å². The monoisotopic (exact) mass is 777 g/mol. The number of aliphatic hydroxyl groups is 1. The van der Waals surface area contributed by atoms with Gasteiger partial charge in [0, 0.05) is 41.5 Å². The van der Waals surface area contributed by atoms with Crippen LogP contribution in [0.5, 0.6) is 17.2 Å². The van der Waals surface area contributed by atoms with Gasteiger partial charge in [-0.2, -0.15) is 10.1 Å². The Balaban J connectivity index is 1.33. The topological polar surface area (TPSA) is 163 Å². The number of allylic oxidation sites excluding steroid dienone is 4. The van der Waals surface area contributed by atoms with E-state index in [0.29, 0.717) is 59.3 Å². The molecule has 3 saturated carbocycles. The molecule has 57 heavy (non-hydrogen) atoms. The predicted octanol–water partition coefficient (Wildman–Crippen LogP) is 6.10. The molecule has 4 bridgehead atoms. The van der Waals surface area contributed by atoms with Crippen LogP contribution in [0.4, 0.5) is 5.95 Å². The van der Waals surface area contributed by atoms with Crippen molar-refractivity contribution in [1.82, 2.24) is 20.1 Å². The first-order chi connectivity index (χ1) is 27.1. The summed E-state index contributed by atoms with van der Waals surface area (Å²) in [6, 6.07) is -0.549. The van der Waals surface area contributed by atoms with Crippen LogP contribution in [0, 0.1) is 11.8 Å². The number of aromatic nitrogens is 3. The lowest BCUT2D eigenvalue weighted by atomic mass is 9.47. The molecule has 6 unspecified atom stereocenters. The van der Waals surface area contributed by atoms with Crippen LogP contribution < -0.4 is 24.8 Å². The van der Waals surface area contributed by atoms with E-state index in [-0.39, 0.29) is 49.6 Å². The van der Waals surface area contributed by atoms with Gasteiger partial charge in [0.05, 0.1) is 41.5 Å². The highest BCUT2D eigenvalue weighted by molar-refractivity contribution is 6.05. The number of amides is 1. The first-order valence-electron chi connectivity index (χ1n) is 20.1. The van der Waals surface area contributed by atoms with Gasteiger partial charge >= 0.3 is 5.97 Å². The normalized spacial score (nSPS) is 30.4. The molecule has 5 aliphatic heterocycles. The fourth-order valence-electron chi connectivity index (χ4n) is 10.7. The van der Waals surface area contributed by atoms with Crippen LogP contribution in [0.15, 0.2) is 52.9 Å². The van der Waals surface area contributed by atoms with Crippen LogP contribution in [-0.4, -0.2) is 73.1 Å². The van der Waals surface area contributed by atoms with E-state index in [1.54, 1.807) is 17.7 Å². The summed E-state index contributed by atoms with van der Waals surface area (Å²) in [5.41, 5.74) is 2.67. The molecule has 1 amide bonds. The Morgan fingerprint density at radius 3 is 2.53 bits per heavy atom. The van der Waals surface area contributed by atoms with Gasteiger partial charge in [0.1, 0.15) is 23.4 Å². The van der Waals surface area contributed by atoms with Crippen LogP contribution in [0.3, 0.4) is 0 Å². The quantitative estimate of drug-likeness (QED) is 0.111. The maximum Gasteiger partial charge on any atom is 0.315 e. The first kappa shape index (κ1) is 37.6. The van der Waals surface area contributed by atoms with E-state index in [2.05, 4.69) is 59.7 Å². The molecule has 1 saturated heterocycles.